The Hall–Kier alpha value is -1.34. The standard InChI is InChI=1S/2C5H3F9O/c1-15-3(8,5(12,13)14)2(6,7)4(9,10)11;1-15-5(13,14)3(8,9)2(6,7)4(10,11)12/h2*1H3. The predicted molar refractivity (Wildman–Crippen MR) is 55.8 cm³/mol. The minimum absolute atomic E-state index is 0.125. The maximum Gasteiger partial charge on any atom is 0.460 e. The molecular formula is C10H6F18O2. The van der Waals surface area contributed by atoms with Crippen LogP contribution in [0.2, 0.25) is 0 Å². The zero-order valence-corrected chi connectivity index (χ0v) is 13.6. The lowest BCUT2D eigenvalue weighted by molar-refractivity contribution is -0.446. The summed E-state index contributed by atoms with van der Waals surface area (Å²) >= 11 is 0. The predicted octanol–water partition coefficient (Wildman–Crippen LogP) is 6.12. The van der Waals surface area contributed by atoms with E-state index in [1.807, 2.05) is 0 Å². The molecule has 0 aromatic carbocycles. The third-order valence-corrected chi connectivity index (χ3v) is 2.78. The SMILES string of the molecule is COC(F)(C(F)(F)F)C(F)(F)C(F)(F)F.COC(F)(F)C(F)(F)C(F)(F)C(F)(F)F. The van der Waals surface area contributed by atoms with Gasteiger partial charge in [-0.15, -0.1) is 0 Å². The fraction of sp³-hybridized carbons (Fsp3) is 1.00. The summed E-state index contributed by atoms with van der Waals surface area (Å²) in [6.07, 6.45) is -26.0. The monoisotopic (exact) mass is 500 g/mol. The van der Waals surface area contributed by atoms with Crippen molar-refractivity contribution < 1.29 is 88.5 Å². The van der Waals surface area contributed by atoms with Crippen molar-refractivity contribution in [2.75, 3.05) is 14.2 Å². The first-order valence-corrected chi connectivity index (χ1v) is 6.13. The Morgan fingerprint density at radius 1 is 0.367 bits per heavy atom. The van der Waals surface area contributed by atoms with Gasteiger partial charge in [0.25, 0.3) is 0 Å². The van der Waals surface area contributed by atoms with E-state index < -0.39 is 48.3 Å². The molecule has 20 heteroatoms. The molecule has 30 heavy (non-hydrogen) atoms. The number of methoxy groups -OCH3 is 2. The Balaban J connectivity index is 0. The smallest absolute Gasteiger partial charge is 0.337 e. The van der Waals surface area contributed by atoms with Crippen LogP contribution in [-0.2, 0) is 9.47 Å². The molecule has 184 valence electrons. The van der Waals surface area contributed by atoms with E-state index in [4.69, 9.17) is 0 Å². The van der Waals surface area contributed by atoms with Crippen molar-refractivity contribution in [2.45, 2.75) is 48.3 Å². The summed E-state index contributed by atoms with van der Waals surface area (Å²) in [7, 11) is -0.368. The van der Waals surface area contributed by atoms with Crippen LogP contribution in [-0.4, -0.2) is 62.5 Å². The molecule has 0 bridgehead atoms. The van der Waals surface area contributed by atoms with E-state index >= 15 is 0 Å². The van der Waals surface area contributed by atoms with Gasteiger partial charge in [-0.1, -0.05) is 0 Å². The van der Waals surface area contributed by atoms with Crippen molar-refractivity contribution in [2.24, 2.45) is 0 Å². The number of ether oxygens (including phenoxy) is 2. The van der Waals surface area contributed by atoms with E-state index in [-0.39, 0.29) is 14.2 Å². The Labute approximate surface area is 152 Å². The van der Waals surface area contributed by atoms with Crippen molar-refractivity contribution in [3.63, 3.8) is 0 Å². The molecule has 0 saturated heterocycles. The molecule has 0 radical (unpaired) electrons. The van der Waals surface area contributed by atoms with Crippen molar-refractivity contribution in [3.8, 4) is 0 Å². The van der Waals surface area contributed by atoms with Gasteiger partial charge in [-0.2, -0.15) is 79.0 Å². The third-order valence-electron chi connectivity index (χ3n) is 2.78. The summed E-state index contributed by atoms with van der Waals surface area (Å²) in [4.78, 5) is 0. The van der Waals surface area contributed by atoms with E-state index in [1.165, 1.54) is 0 Å². The maximum atomic E-state index is 12.5. The molecule has 0 amide bonds. The normalized spacial score (nSPS) is 17.2. The van der Waals surface area contributed by atoms with E-state index in [1.54, 1.807) is 0 Å². The van der Waals surface area contributed by atoms with Crippen LogP contribution in [0.5, 0.6) is 0 Å². The van der Waals surface area contributed by atoms with E-state index in [9.17, 15) is 79.0 Å². The number of halogens is 18. The lowest BCUT2D eigenvalue weighted by atomic mass is 10.1. The zero-order chi connectivity index (χ0) is 25.4. The Kier molecular flexibility index (Phi) is 8.54. The van der Waals surface area contributed by atoms with Crippen molar-refractivity contribution in [3.05, 3.63) is 0 Å². The van der Waals surface area contributed by atoms with Crippen LogP contribution in [0.4, 0.5) is 79.0 Å². The lowest BCUT2D eigenvalue weighted by Gasteiger charge is -2.33. The van der Waals surface area contributed by atoms with Crippen LogP contribution in [0, 0.1) is 0 Å². The molecule has 1 atom stereocenters. The second-order valence-electron chi connectivity index (χ2n) is 4.74. The highest BCUT2D eigenvalue weighted by Gasteiger charge is 2.83. The summed E-state index contributed by atoms with van der Waals surface area (Å²) in [5.41, 5.74) is 0. The van der Waals surface area contributed by atoms with Crippen molar-refractivity contribution in [1.29, 1.82) is 0 Å². The van der Waals surface area contributed by atoms with Gasteiger partial charge in [-0.3, -0.25) is 0 Å². The van der Waals surface area contributed by atoms with Crippen LogP contribution >= 0.6 is 0 Å². The van der Waals surface area contributed by atoms with E-state index in [0.29, 0.717) is 0 Å². The molecule has 1 unspecified atom stereocenters. The highest BCUT2D eigenvalue weighted by molar-refractivity contribution is 4.97. The summed E-state index contributed by atoms with van der Waals surface area (Å²) in [6, 6.07) is 0. The van der Waals surface area contributed by atoms with Gasteiger partial charge in [0, 0.05) is 14.2 Å². The lowest BCUT2D eigenvalue weighted by Crippen LogP contribution is -2.63. The summed E-state index contributed by atoms with van der Waals surface area (Å²) in [5.74, 6) is -26.4. The minimum Gasteiger partial charge on any atom is -0.337 e. The first-order valence-electron chi connectivity index (χ1n) is 6.13. The largest absolute Gasteiger partial charge is 0.460 e. The van der Waals surface area contributed by atoms with Gasteiger partial charge >= 0.3 is 48.3 Å². The maximum absolute atomic E-state index is 12.5. The Morgan fingerprint density at radius 3 is 0.800 bits per heavy atom. The Morgan fingerprint density at radius 2 is 0.667 bits per heavy atom. The molecule has 0 aliphatic rings. The first-order chi connectivity index (χ1) is 12.6. The summed E-state index contributed by atoms with van der Waals surface area (Å²) in [6.45, 7) is 0. The van der Waals surface area contributed by atoms with E-state index in [0.717, 1.165) is 0 Å². The molecule has 0 aromatic rings. The second-order valence-corrected chi connectivity index (χ2v) is 4.74. The van der Waals surface area contributed by atoms with Crippen LogP contribution in [0.25, 0.3) is 0 Å². The third kappa shape index (κ3) is 5.10. The van der Waals surface area contributed by atoms with Gasteiger partial charge in [0.2, 0.25) is 0 Å². The quantitative estimate of drug-likeness (QED) is 0.424. The van der Waals surface area contributed by atoms with Gasteiger partial charge in [-0.05, 0) is 0 Å². The van der Waals surface area contributed by atoms with Gasteiger partial charge in [0.1, 0.15) is 0 Å². The average molecular weight is 500 g/mol. The van der Waals surface area contributed by atoms with Gasteiger partial charge < -0.3 is 9.47 Å². The van der Waals surface area contributed by atoms with Crippen LogP contribution in [0.1, 0.15) is 0 Å². The molecule has 0 aliphatic heterocycles. The van der Waals surface area contributed by atoms with Gasteiger partial charge in [0.15, 0.2) is 0 Å². The van der Waals surface area contributed by atoms with Crippen LogP contribution in [0.3, 0.4) is 0 Å². The highest BCUT2D eigenvalue weighted by Crippen LogP contribution is 2.54. The van der Waals surface area contributed by atoms with Gasteiger partial charge in [-0.25, -0.2) is 0 Å². The Bertz CT molecular complexity index is 555. The summed E-state index contributed by atoms with van der Waals surface area (Å²) < 4.78 is 218. The second kappa shape index (κ2) is 8.30. The molecule has 0 N–H and O–H groups in total. The zero-order valence-electron chi connectivity index (χ0n) is 13.6. The number of alkyl halides is 18. The van der Waals surface area contributed by atoms with Crippen molar-refractivity contribution in [1.82, 2.24) is 0 Å². The molecule has 0 spiro atoms. The fourth-order valence-electron chi connectivity index (χ4n) is 1.09. The minimum atomic E-state index is -6.89. The van der Waals surface area contributed by atoms with E-state index in [2.05, 4.69) is 9.47 Å². The molecule has 0 saturated carbocycles. The molecule has 0 heterocycles. The van der Waals surface area contributed by atoms with Gasteiger partial charge in [0.05, 0.1) is 0 Å². The molecule has 0 aliphatic carbocycles. The van der Waals surface area contributed by atoms with Crippen LogP contribution < -0.4 is 0 Å². The molecule has 2 nitrogen and oxygen atoms in total. The van der Waals surface area contributed by atoms with Crippen LogP contribution in [0.15, 0.2) is 0 Å². The number of rotatable bonds is 5. The molecule has 0 fully saturated rings. The summed E-state index contributed by atoms with van der Waals surface area (Å²) in [5, 5.41) is 0. The topological polar surface area (TPSA) is 18.5 Å². The molecule has 0 aromatic heterocycles. The van der Waals surface area contributed by atoms with Crippen molar-refractivity contribution >= 4 is 0 Å². The first kappa shape index (κ1) is 30.9. The fourth-order valence-corrected chi connectivity index (χ4v) is 1.09. The highest BCUT2D eigenvalue weighted by atomic mass is 19.4. The molecular weight excluding hydrogens is 494 g/mol. The number of hydrogen-bond acceptors (Lipinski definition) is 2. The average Bonchev–Trinajstić information content (AvgIpc) is 2.50. The molecule has 0 rings (SSSR count). The number of hydrogen-bond donors (Lipinski definition) is 0.